The van der Waals surface area contributed by atoms with Crippen LogP contribution in [0.25, 0.3) is 11.3 Å². The van der Waals surface area contributed by atoms with Crippen LogP contribution in [0.15, 0.2) is 40.8 Å². The van der Waals surface area contributed by atoms with Gasteiger partial charge in [0.25, 0.3) is 5.91 Å². The number of ether oxygens (including phenoxy) is 1. The molecule has 122 valence electrons. The molecule has 1 fully saturated rings. The average Bonchev–Trinajstić information content (AvgIpc) is 3.18. The normalized spacial score (nSPS) is 16.4. The first-order valence-electron chi connectivity index (χ1n) is 7.80. The van der Waals surface area contributed by atoms with E-state index in [0.29, 0.717) is 23.2 Å². The number of furan rings is 1. The number of rotatable bonds is 5. The molecule has 23 heavy (non-hydrogen) atoms. The summed E-state index contributed by atoms with van der Waals surface area (Å²) < 4.78 is 11.0. The molecule has 1 aromatic carbocycles. The lowest BCUT2D eigenvalue weighted by molar-refractivity contribution is 0.0743. The average molecular weight is 334 g/mol. The van der Waals surface area contributed by atoms with Crippen molar-refractivity contribution >= 4 is 17.5 Å². The third kappa shape index (κ3) is 3.43. The topological polar surface area (TPSA) is 51.5 Å². The fourth-order valence-corrected chi connectivity index (χ4v) is 3.43. The number of halogens is 1. The monoisotopic (exact) mass is 333 g/mol. The van der Waals surface area contributed by atoms with Gasteiger partial charge in [0.1, 0.15) is 5.76 Å². The summed E-state index contributed by atoms with van der Waals surface area (Å²) in [6.45, 7) is 0.525. The fourth-order valence-electron chi connectivity index (χ4n) is 3.20. The van der Waals surface area contributed by atoms with Crippen LogP contribution >= 0.6 is 11.6 Å². The zero-order valence-electron chi connectivity index (χ0n) is 13.1. The molecule has 0 saturated heterocycles. The van der Waals surface area contributed by atoms with Gasteiger partial charge in [-0.25, -0.2) is 0 Å². The number of benzene rings is 1. The van der Waals surface area contributed by atoms with E-state index in [1.54, 1.807) is 25.3 Å². The van der Waals surface area contributed by atoms with E-state index in [-0.39, 0.29) is 11.4 Å². The summed E-state index contributed by atoms with van der Waals surface area (Å²) in [6, 6.07) is 10.9. The summed E-state index contributed by atoms with van der Waals surface area (Å²) in [6.07, 6.45) is 4.08. The third-order valence-corrected chi connectivity index (χ3v) is 4.66. The second-order valence-corrected chi connectivity index (χ2v) is 6.43. The molecule has 0 aliphatic heterocycles. The van der Waals surface area contributed by atoms with Crippen molar-refractivity contribution in [2.75, 3.05) is 13.7 Å². The van der Waals surface area contributed by atoms with Gasteiger partial charge in [0.2, 0.25) is 0 Å². The molecule has 2 aromatic rings. The second kappa shape index (κ2) is 6.77. The Morgan fingerprint density at radius 2 is 2.00 bits per heavy atom. The van der Waals surface area contributed by atoms with Gasteiger partial charge in [0.15, 0.2) is 5.76 Å². The number of carbonyl (C=O) groups excluding carboxylic acids is 1. The first kappa shape index (κ1) is 16.1. The Bertz CT molecular complexity index is 689. The molecule has 3 rings (SSSR count). The molecule has 1 aliphatic rings. The smallest absolute Gasteiger partial charge is 0.287 e. The maximum atomic E-state index is 12.5. The van der Waals surface area contributed by atoms with Crippen LogP contribution in [0.5, 0.6) is 0 Å². The highest BCUT2D eigenvalue weighted by Crippen LogP contribution is 2.32. The maximum Gasteiger partial charge on any atom is 0.287 e. The van der Waals surface area contributed by atoms with E-state index in [9.17, 15) is 4.79 Å². The van der Waals surface area contributed by atoms with Crippen LogP contribution in [0.3, 0.4) is 0 Å². The minimum atomic E-state index is -0.275. The van der Waals surface area contributed by atoms with Gasteiger partial charge in [0, 0.05) is 12.7 Å². The summed E-state index contributed by atoms with van der Waals surface area (Å²) in [5.41, 5.74) is 0.504. The van der Waals surface area contributed by atoms with Crippen molar-refractivity contribution in [3.05, 3.63) is 47.2 Å². The van der Waals surface area contributed by atoms with Gasteiger partial charge in [0.05, 0.1) is 17.2 Å². The Morgan fingerprint density at radius 3 is 2.70 bits per heavy atom. The molecule has 1 N–H and O–H groups in total. The molecule has 5 heteroatoms. The minimum absolute atomic E-state index is 0.206. The van der Waals surface area contributed by atoms with Crippen molar-refractivity contribution < 1.29 is 13.9 Å². The van der Waals surface area contributed by atoms with Gasteiger partial charge in [-0.3, -0.25) is 4.79 Å². The summed E-state index contributed by atoms with van der Waals surface area (Å²) >= 11 is 6.17. The molecule has 0 atom stereocenters. The highest BCUT2D eigenvalue weighted by Gasteiger charge is 2.36. The Labute approximate surface area is 140 Å². The number of hydrogen-bond acceptors (Lipinski definition) is 3. The lowest BCUT2D eigenvalue weighted by Crippen LogP contribution is -2.49. The third-order valence-electron chi connectivity index (χ3n) is 4.33. The van der Waals surface area contributed by atoms with Crippen molar-refractivity contribution in [3.63, 3.8) is 0 Å². The predicted molar refractivity (Wildman–Crippen MR) is 89.7 cm³/mol. The van der Waals surface area contributed by atoms with Crippen LogP contribution in [0.1, 0.15) is 36.2 Å². The molecule has 0 bridgehead atoms. The molecular formula is C18H20ClNO3. The zero-order valence-corrected chi connectivity index (χ0v) is 13.9. The van der Waals surface area contributed by atoms with E-state index in [4.69, 9.17) is 20.8 Å². The number of nitrogens with one attached hydrogen (secondary N) is 1. The Kier molecular flexibility index (Phi) is 4.74. The summed E-state index contributed by atoms with van der Waals surface area (Å²) in [7, 11) is 1.66. The number of methoxy groups -OCH3 is 1. The van der Waals surface area contributed by atoms with Crippen LogP contribution in [-0.2, 0) is 4.74 Å². The first-order chi connectivity index (χ1) is 11.1. The van der Waals surface area contributed by atoms with Gasteiger partial charge in [-0.15, -0.1) is 0 Å². The molecule has 1 heterocycles. The maximum absolute atomic E-state index is 12.5. The van der Waals surface area contributed by atoms with Crippen LogP contribution in [-0.4, -0.2) is 25.2 Å². The first-order valence-corrected chi connectivity index (χ1v) is 8.17. The number of amides is 1. The number of carbonyl (C=O) groups is 1. The van der Waals surface area contributed by atoms with E-state index in [2.05, 4.69) is 5.32 Å². The molecule has 4 nitrogen and oxygen atoms in total. The molecule has 0 spiro atoms. The largest absolute Gasteiger partial charge is 0.451 e. The van der Waals surface area contributed by atoms with Gasteiger partial charge in [-0.1, -0.05) is 36.6 Å². The van der Waals surface area contributed by atoms with Crippen molar-refractivity contribution in [2.45, 2.75) is 31.2 Å². The van der Waals surface area contributed by atoms with Gasteiger partial charge >= 0.3 is 0 Å². The summed E-state index contributed by atoms with van der Waals surface area (Å²) in [4.78, 5) is 12.5. The fraction of sp³-hybridized carbons (Fsp3) is 0.389. The molecular weight excluding hydrogens is 314 g/mol. The predicted octanol–water partition coefficient (Wildman–Crippen LogP) is 4.29. The Morgan fingerprint density at radius 1 is 1.26 bits per heavy atom. The van der Waals surface area contributed by atoms with E-state index in [0.717, 1.165) is 31.2 Å². The minimum Gasteiger partial charge on any atom is -0.451 e. The van der Waals surface area contributed by atoms with Crippen molar-refractivity contribution in [2.24, 2.45) is 0 Å². The van der Waals surface area contributed by atoms with Crippen molar-refractivity contribution in [1.82, 2.24) is 5.32 Å². The van der Waals surface area contributed by atoms with Gasteiger partial charge in [-0.05, 0) is 37.1 Å². The second-order valence-electron chi connectivity index (χ2n) is 6.02. The standard InChI is InChI=1S/C18H20ClNO3/c1-22-12-18(10-4-5-11-18)20-17(21)16-9-8-15(23-16)13-6-2-3-7-14(13)19/h2-3,6-9H,4-5,10-12H2,1H3,(H,20,21). The molecule has 1 aromatic heterocycles. The highest BCUT2D eigenvalue weighted by molar-refractivity contribution is 6.33. The zero-order chi connectivity index (χ0) is 16.3. The van der Waals surface area contributed by atoms with Crippen molar-refractivity contribution in [3.8, 4) is 11.3 Å². The summed E-state index contributed by atoms with van der Waals surface area (Å²) in [5, 5.41) is 3.70. The molecule has 1 saturated carbocycles. The van der Waals surface area contributed by atoms with Gasteiger partial charge < -0.3 is 14.5 Å². The lowest BCUT2D eigenvalue weighted by atomic mass is 9.98. The quantitative estimate of drug-likeness (QED) is 0.888. The van der Waals surface area contributed by atoms with Crippen LogP contribution in [0.4, 0.5) is 0 Å². The summed E-state index contributed by atoms with van der Waals surface area (Å²) in [5.74, 6) is 0.678. The van der Waals surface area contributed by atoms with E-state index < -0.39 is 0 Å². The van der Waals surface area contributed by atoms with E-state index >= 15 is 0 Å². The van der Waals surface area contributed by atoms with Crippen molar-refractivity contribution in [1.29, 1.82) is 0 Å². The molecule has 0 radical (unpaired) electrons. The molecule has 0 unspecified atom stereocenters. The van der Waals surface area contributed by atoms with Gasteiger partial charge in [-0.2, -0.15) is 0 Å². The van der Waals surface area contributed by atoms with E-state index in [1.807, 2.05) is 18.2 Å². The SMILES string of the molecule is COCC1(NC(=O)c2ccc(-c3ccccc3Cl)o2)CCCC1. The van der Waals surface area contributed by atoms with Crippen LogP contribution in [0, 0.1) is 0 Å². The molecule has 1 amide bonds. The van der Waals surface area contributed by atoms with Crippen LogP contribution < -0.4 is 5.32 Å². The lowest BCUT2D eigenvalue weighted by Gasteiger charge is -2.29. The van der Waals surface area contributed by atoms with E-state index in [1.165, 1.54) is 0 Å². The Balaban J connectivity index is 1.77. The highest BCUT2D eigenvalue weighted by atomic mass is 35.5. The van der Waals surface area contributed by atoms with Crippen LogP contribution in [0.2, 0.25) is 5.02 Å². The Hall–Kier alpha value is -1.78. The number of hydrogen-bond donors (Lipinski definition) is 1. The molecule has 1 aliphatic carbocycles.